The fourth-order valence-electron chi connectivity index (χ4n) is 6.00. The van der Waals surface area contributed by atoms with Crippen LogP contribution < -0.4 is 19.1 Å². The molecule has 2 saturated heterocycles. The number of para-hydroxylation sites is 1. The first-order valence-electron chi connectivity index (χ1n) is 13.8. The largest absolute Gasteiger partial charge is 0.493 e. The first kappa shape index (κ1) is 28.6. The molecule has 0 aliphatic carbocycles. The molecule has 0 spiro atoms. The Morgan fingerprint density at radius 2 is 1.44 bits per heavy atom. The van der Waals surface area contributed by atoms with E-state index in [0.717, 1.165) is 18.7 Å². The third-order valence-corrected chi connectivity index (χ3v) is 8.52. The zero-order valence-corrected chi connectivity index (χ0v) is 24.7. The molecule has 9 heteroatoms. The number of benzene rings is 3. The summed E-state index contributed by atoms with van der Waals surface area (Å²) in [7, 11) is 4.70. The Hall–Kier alpha value is -3.91. The maximum Gasteiger partial charge on any atom is 0.255 e. The molecule has 8 nitrogen and oxygen atoms in total. The van der Waals surface area contributed by atoms with Gasteiger partial charge in [-0.2, -0.15) is 0 Å². The van der Waals surface area contributed by atoms with Crippen LogP contribution in [0.4, 0.5) is 5.69 Å². The van der Waals surface area contributed by atoms with Gasteiger partial charge in [-0.3, -0.25) is 9.59 Å². The van der Waals surface area contributed by atoms with Gasteiger partial charge in [0.2, 0.25) is 11.7 Å². The van der Waals surface area contributed by atoms with Gasteiger partial charge in [0.05, 0.1) is 37.8 Å². The molecule has 41 heavy (non-hydrogen) atoms. The highest BCUT2D eigenvalue weighted by molar-refractivity contribution is 6.33. The molecule has 2 aliphatic rings. The van der Waals surface area contributed by atoms with Gasteiger partial charge in [0, 0.05) is 50.9 Å². The molecule has 2 heterocycles. The Bertz CT molecular complexity index is 1400. The van der Waals surface area contributed by atoms with Crippen molar-refractivity contribution in [2.45, 2.75) is 12.8 Å². The Morgan fingerprint density at radius 3 is 2.05 bits per heavy atom. The van der Waals surface area contributed by atoms with E-state index in [2.05, 4.69) is 24.0 Å². The van der Waals surface area contributed by atoms with Crippen molar-refractivity contribution in [3.05, 3.63) is 82.4 Å². The molecular formula is C32H36ClN3O5. The lowest BCUT2D eigenvalue weighted by Crippen LogP contribution is -2.51. The average Bonchev–Trinajstić information content (AvgIpc) is 3.46. The van der Waals surface area contributed by atoms with Crippen LogP contribution in [0.5, 0.6) is 17.2 Å². The second-order valence-corrected chi connectivity index (χ2v) is 10.9. The quantitative estimate of drug-likeness (QED) is 0.399. The van der Waals surface area contributed by atoms with Gasteiger partial charge in [-0.1, -0.05) is 41.9 Å². The van der Waals surface area contributed by atoms with Gasteiger partial charge in [0.1, 0.15) is 0 Å². The van der Waals surface area contributed by atoms with E-state index in [1.54, 1.807) is 50.5 Å². The minimum atomic E-state index is -0.436. The predicted octanol–water partition coefficient (Wildman–Crippen LogP) is 4.88. The monoisotopic (exact) mass is 577 g/mol. The van der Waals surface area contributed by atoms with Crippen LogP contribution in [0.3, 0.4) is 0 Å². The summed E-state index contributed by atoms with van der Waals surface area (Å²) in [6.45, 7) is 5.50. The van der Waals surface area contributed by atoms with Crippen LogP contribution in [0.25, 0.3) is 0 Å². The number of hydrogen-bond donors (Lipinski definition) is 0. The number of nitrogens with zero attached hydrogens (tertiary/aromatic N) is 3. The van der Waals surface area contributed by atoms with Crippen molar-refractivity contribution in [2.24, 2.45) is 5.92 Å². The van der Waals surface area contributed by atoms with Crippen molar-refractivity contribution < 1.29 is 23.8 Å². The zero-order valence-electron chi connectivity index (χ0n) is 23.9. The summed E-state index contributed by atoms with van der Waals surface area (Å²) in [5.74, 6) is 0.657. The number of aryl methyl sites for hydroxylation is 1. The van der Waals surface area contributed by atoms with E-state index in [9.17, 15) is 9.59 Å². The molecule has 2 fully saturated rings. The number of likely N-dealkylation sites (tertiary alicyclic amines) is 1. The molecule has 0 N–H and O–H groups in total. The van der Waals surface area contributed by atoms with Crippen molar-refractivity contribution in [3.8, 4) is 17.2 Å². The molecule has 0 saturated carbocycles. The fourth-order valence-corrected chi connectivity index (χ4v) is 6.22. The van der Waals surface area contributed by atoms with E-state index in [0.29, 0.717) is 54.0 Å². The highest BCUT2D eigenvalue weighted by Gasteiger charge is 2.43. The van der Waals surface area contributed by atoms with Crippen LogP contribution in [0, 0.1) is 12.8 Å². The number of ether oxygens (including phenoxy) is 3. The molecule has 3 aromatic carbocycles. The Balaban J connectivity index is 1.43. The standard InChI is InChI=1S/C32H36ClN3O5/c1-21-9-5-8-12-27(21)34-13-15-35(16-14-34)32(38)25-20-36(31(37)23-10-6-7-11-26(23)33)19-24(25)22-17-28(39-2)30(41-4)29(18-22)40-3/h5-12,17-18,24-25H,13-16,19-20H2,1-4H3/t24-,25+/m1/s1. The predicted molar refractivity (Wildman–Crippen MR) is 160 cm³/mol. The number of halogens is 1. The Labute approximate surface area is 246 Å². The number of carbonyl (C=O) groups excluding carboxylic acids is 2. The number of carbonyl (C=O) groups is 2. The molecule has 0 unspecified atom stereocenters. The summed E-state index contributed by atoms with van der Waals surface area (Å²) in [5, 5.41) is 0.393. The van der Waals surface area contributed by atoms with Crippen LogP contribution in [0.15, 0.2) is 60.7 Å². The lowest BCUT2D eigenvalue weighted by Gasteiger charge is -2.38. The SMILES string of the molecule is COc1cc([C@H]2CN(C(=O)c3ccccc3Cl)C[C@@H]2C(=O)N2CCN(c3ccccc3C)CC2)cc(OC)c1OC. The summed E-state index contributed by atoms with van der Waals surface area (Å²) >= 11 is 6.39. The maximum absolute atomic E-state index is 14.2. The topological polar surface area (TPSA) is 71.6 Å². The van der Waals surface area contributed by atoms with E-state index < -0.39 is 5.92 Å². The van der Waals surface area contributed by atoms with Crippen LogP contribution in [-0.2, 0) is 4.79 Å². The van der Waals surface area contributed by atoms with Gasteiger partial charge in [-0.25, -0.2) is 0 Å². The van der Waals surface area contributed by atoms with Gasteiger partial charge >= 0.3 is 0 Å². The van der Waals surface area contributed by atoms with E-state index in [-0.39, 0.29) is 17.7 Å². The maximum atomic E-state index is 14.2. The van der Waals surface area contributed by atoms with Crippen LogP contribution in [-0.4, -0.2) is 82.2 Å². The summed E-state index contributed by atoms with van der Waals surface area (Å²) in [4.78, 5) is 33.8. The second-order valence-electron chi connectivity index (χ2n) is 10.5. The van der Waals surface area contributed by atoms with Crippen molar-refractivity contribution in [1.82, 2.24) is 9.80 Å². The van der Waals surface area contributed by atoms with Crippen molar-refractivity contribution in [2.75, 3.05) is 65.5 Å². The molecule has 0 bridgehead atoms. The highest BCUT2D eigenvalue weighted by Crippen LogP contribution is 2.44. The number of rotatable bonds is 7. The third kappa shape index (κ3) is 5.66. The lowest BCUT2D eigenvalue weighted by atomic mass is 9.87. The summed E-state index contributed by atoms with van der Waals surface area (Å²) < 4.78 is 16.7. The minimum absolute atomic E-state index is 0.0441. The van der Waals surface area contributed by atoms with Crippen molar-refractivity contribution in [1.29, 1.82) is 0 Å². The van der Waals surface area contributed by atoms with Crippen LogP contribution >= 0.6 is 11.6 Å². The molecular weight excluding hydrogens is 542 g/mol. The highest BCUT2D eigenvalue weighted by atomic mass is 35.5. The molecule has 3 aromatic rings. The van der Waals surface area contributed by atoms with Crippen LogP contribution in [0.2, 0.25) is 5.02 Å². The third-order valence-electron chi connectivity index (χ3n) is 8.19. The first-order chi connectivity index (χ1) is 19.9. The van der Waals surface area contributed by atoms with Crippen molar-refractivity contribution in [3.63, 3.8) is 0 Å². The smallest absolute Gasteiger partial charge is 0.255 e. The molecule has 2 aliphatic heterocycles. The fraction of sp³-hybridized carbons (Fsp3) is 0.375. The molecule has 0 radical (unpaired) electrons. The molecule has 216 valence electrons. The van der Waals surface area contributed by atoms with Crippen LogP contribution in [0.1, 0.15) is 27.4 Å². The summed E-state index contributed by atoms with van der Waals surface area (Å²) in [5.41, 5.74) is 3.70. The number of anilines is 1. The summed E-state index contributed by atoms with van der Waals surface area (Å²) in [6, 6.07) is 19.1. The van der Waals surface area contributed by atoms with E-state index >= 15 is 0 Å². The number of methoxy groups -OCH3 is 3. The normalized spacial score (nSPS) is 18.8. The van der Waals surface area contributed by atoms with E-state index in [1.807, 2.05) is 29.2 Å². The van der Waals surface area contributed by atoms with E-state index in [1.165, 1.54) is 11.3 Å². The minimum Gasteiger partial charge on any atom is -0.493 e. The van der Waals surface area contributed by atoms with Gasteiger partial charge in [0.15, 0.2) is 11.5 Å². The summed E-state index contributed by atoms with van der Waals surface area (Å²) in [6.07, 6.45) is 0. The second kappa shape index (κ2) is 12.3. The average molecular weight is 578 g/mol. The van der Waals surface area contributed by atoms with Gasteiger partial charge in [-0.15, -0.1) is 0 Å². The number of amides is 2. The molecule has 2 amide bonds. The molecule has 0 aromatic heterocycles. The Morgan fingerprint density at radius 1 is 0.805 bits per heavy atom. The first-order valence-corrected chi connectivity index (χ1v) is 14.2. The van der Waals surface area contributed by atoms with Gasteiger partial charge in [-0.05, 0) is 48.4 Å². The molecule has 2 atom stereocenters. The Kier molecular flexibility index (Phi) is 8.59. The number of hydrogen-bond acceptors (Lipinski definition) is 6. The van der Waals surface area contributed by atoms with Gasteiger partial charge in [0.25, 0.3) is 5.91 Å². The zero-order chi connectivity index (χ0) is 29.1. The van der Waals surface area contributed by atoms with Crippen molar-refractivity contribution >= 4 is 29.1 Å². The molecule has 5 rings (SSSR count). The lowest BCUT2D eigenvalue weighted by molar-refractivity contribution is -0.135. The van der Waals surface area contributed by atoms with E-state index in [4.69, 9.17) is 25.8 Å². The number of piperazine rings is 1. The van der Waals surface area contributed by atoms with Gasteiger partial charge < -0.3 is 28.9 Å².